The van der Waals surface area contributed by atoms with E-state index in [0.717, 1.165) is 19.3 Å². The van der Waals surface area contributed by atoms with Gasteiger partial charge in [0.1, 0.15) is 0 Å². The minimum Gasteiger partial charge on any atom is -0.393 e. The Kier molecular flexibility index (Phi) is 1.80. The Hall–Kier alpha value is -0.550. The summed E-state index contributed by atoms with van der Waals surface area (Å²) < 4.78 is 0. The molecule has 14 heavy (non-hydrogen) atoms. The number of rotatable bonds is 1. The summed E-state index contributed by atoms with van der Waals surface area (Å²) in [6.07, 6.45) is 3.40. The van der Waals surface area contributed by atoms with Crippen LogP contribution in [0.25, 0.3) is 0 Å². The van der Waals surface area contributed by atoms with Crippen molar-refractivity contribution in [2.24, 2.45) is 16.2 Å². The van der Waals surface area contributed by atoms with Crippen molar-refractivity contribution in [1.29, 1.82) is 5.26 Å². The quantitative estimate of drug-likeness (QED) is 0.695. The van der Waals surface area contributed by atoms with Gasteiger partial charge in [-0.3, -0.25) is 0 Å². The first-order valence-electron chi connectivity index (χ1n) is 5.45. The van der Waals surface area contributed by atoms with E-state index in [2.05, 4.69) is 26.8 Å². The van der Waals surface area contributed by atoms with Crippen molar-refractivity contribution in [3.05, 3.63) is 0 Å². The summed E-state index contributed by atoms with van der Waals surface area (Å²) >= 11 is 0. The molecule has 2 aliphatic rings. The highest BCUT2D eigenvalue weighted by Crippen LogP contribution is 2.73. The smallest absolute Gasteiger partial charge is 0.0627 e. The summed E-state index contributed by atoms with van der Waals surface area (Å²) in [4.78, 5) is 0. The lowest BCUT2D eigenvalue weighted by atomic mass is 9.64. The van der Waals surface area contributed by atoms with Crippen molar-refractivity contribution < 1.29 is 5.11 Å². The Morgan fingerprint density at radius 1 is 1.36 bits per heavy atom. The summed E-state index contributed by atoms with van der Waals surface area (Å²) in [6, 6.07) is 2.31. The molecule has 2 fully saturated rings. The van der Waals surface area contributed by atoms with Crippen LogP contribution in [0.15, 0.2) is 0 Å². The number of nitriles is 1. The number of nitrogens with zero attached hydrogens (tertiary/aromatic N) is 1. The zero-order valence-electron chi connectivity index (χ0n) is 9.30. The largest absolute Gasteiger partial charge is 0.393 e. The van der Waals surface area contributed by atoms with Crippen molar-refractivity contribution in [1.82, 2.24) is 0 Å². The molecule has 2 rings (SSSR count). The molecule has 0 aromatic carbocycles. The summed E-state index contributed by atoms with van der Waals surface area (Å²) in [7, 11) is 0. The SMILES string of the molecule is CC1(C)[C@@]2(CC#N)CC[C@@]1(C)[C@@H](O)C2. The molecule has 0 aromatic rings. The van der Waals surface area contributed by atoms with Crippen LogP contribution in [0, 0.1) is 27.6 Å². The van der Waals surface area contributed by atoms with Gasteiger partial charge in [0.25, 0.3) is 0 Å². The molecule has 0 aromatic heterocycles. The minimum absolute atomic E-state index is 0.0316. The van der Waals surface area contributed by atoms with Crippen molar-refractivity contribution in [2.45, 2.75) is 52.6 Å². The monoisotopic (exact) mass is 193 g/mol. The van der Waals surface area contributed by atoms with E-state index >= 15 is 0 Å². The van der Waals surface area contributed by atoms with E-state index in [1.54, 1.807) is 0 Å². The van der Waals surface area contributed by atoms with Crippen LogP contribution in [0.4, 0.5) is 0 Å². The molecule has 78 valence electrons. The van der Waals surface area contributed by atoms with Gasteiger partial charge in [0, 0.05) is 6.42 Å². The molecular weight excluding hydrogens is 174 g/mol. The average molecular weight is 193 g/mol. The van der Waals surface area contributed by atoms with Gasteiger partial charge in [0.05, 0.1) is 12.2 Å². The van der Waals surface area contributed by atoms with Crippen LogP contribution in [0.3, 0.4) is 0 Å². The van der Waals surface area contributed by atoms with Gasteiger partial charge >= 0.3 is 0 Å². The fourth-order valence-corrected chi connectivity index (χ4v) is 3.80. The van der Waals surface area contributed by atoms with Gasteiger partial charge in [-0.1, -0.05) is 20.8 Å². The highest BCUT2D eigenvalue weighted by Gasteiger charge is 2.68. The molecule has 2 nitrogen and oxygen atoms in total. The Morgan fingerprint density at radius 3 is 2.36 bits per heavy atom. The molecule has 0 radical (unpaired) electrons. The van der Waals surface area contributed by atoms with Gasteiger partial charge in [0.2, 0.25) is 0 Å². The molecule has 2 heteroatoms. The molecule has 2 bridgehead atoms. The first-order valence-corrected chi connectivity index (χ1v) is 5.45. The number of aliphatic hydroxyl groups excluding tert-OH is 1. The van der Waals surface area contributed by atoms with Gasteiger partial charge in [-0.25, -0.2) is 0 Å². The lowest BCUT2D eigenvalue weighted by molar-refractivity contribution is 0.0112. The number of fused-ring (bicyclic) bond motifs is 2. The van der Waals surface area contributed by atoms with Gasteiger partial charge < -0.3 is 5.11 Å². The Morgan fingerprint density at radius 2 is 2.00 bits per heavy atom. The number of aliphatic hydroxyl groups is 1. The highest BCUT2D eigenvalue weighted by atomic mass is 16.3. The molecule has 0 spiro atoms. The minimum atomic E-state index is -0.209. The van der Waals surface area contributed by atoms with Gasteiger partial charge in [-0.15, -0.1) is 0 Å². The molecule has 3 atom stereocenters. The predicted molar refractivity (Wildman–Crippen MR) is 54.4 cm³/mol. The van der Waals surface area contributed by atoms with Crippen molar-refractivity contribution in [3.8, 4) is 6.07 Å². The Bertz CT molecular complexity index is 304. The third-order valence-corrected chi connectivity index (χ3v) is 5.61. The fraction of sp³-hybridized carbons (Fsp3) is 0.917. The molecular formula is C12H19NO. The van der Waals surface area contributed by atoms with Crippen LogP contribution in [0.5, 0.6) is 0 Å². The standard InChI is InChI=1S/C12H19NO/c1-10(2)11(3)4-5-12(10,6-7-13)8-9(11)14/h9,14H,4-6,8H2,1-3H3/t9-,11-,12+/m0/s1. The molecule has 0 heterocycles. The van der Waals surface area contributed by atoms with E-state index < -0.39 is 0 Å². The molecule has 0 unspecified atom stereocenters. The molecule has 0 aliphatic heterocycles. The summed E-state index contributed by atoms with van der Waals surface area (Å²) in [5.74, 6) is 0. The molecule has 0 amide bonds. The number of hydrogen-bond donors (Lipinski definition) is 1. The van der Waals surface area contributed by atoms with E-state index in [1.165, 1.54) is 0 Å². The third kappa shape index (κ3) is 0.803. The van der Waals surface area contributed by atoms with E-state index in [4.69, 9.17) is 5.26 Å². The molecule has 0 saturated heterocycles. The Balaban J connectivity index is 2.44. The van der Waals surface area contributed by atoms with E-state index in [0.29, 0.717) is 6.42 Å². The number of hydrogen-bond acceptors (Lipinski definition) is 2. The lowest BCUT2D eigenvalue weighted by Gasteiger charge is -2.40. The topological polar surface area (TPSA) is 44.0 Å². The summed E-state index contributed by atoms with van der Waals surface area (Å²) in [5, 5.41) is 19.0. The molecule has 2 saturated carbocycles. The van der Waals surface area contributed by atoms with Gasteiger partial charge in [0.15, 0.2) is 0 Å². The van der Waals surface area contributed by atoms with Crippen LogP contribution >= 0.6 is 0 Å². The fourth-order valence-electron chi connectivity index (χ4n) is 3.80. The molecule has 2 aliphatic carbocycles. The van der Waals surface area contributed by atoms with Crippen LogP contribution in [-0.4, -0.2) is 11.2 Å². The second-order valence-electron chi connectivity index (χ2n) is 5.88. The maximum absolute atomic E-state index is 10.1. The van der Waals surface area contributed by atoms with E-state index in [-0.39, 0.29) is 22.3 Å². The first-order chi connectivity index (χ1) is 6.40. The van der Waals surface area contributed by atoms with Crippen molar-refractivity contribution in [2.75, 3.05) is 0 Å². The predicted octanol–water partition coefficient (Wildman–Crippen LogP) is 2.48. The van der Waals surface area contributed by atoms with Crippen molar-refractivity contribution >= 4 is 0 Å². The molecule has 1 N–H and O–H groups in total. The zero-order chi connectivity index (χ0) is 10.6. The summed E-state index contributed by atoms with van der Waals surface area (Å²) in [5.41, 5.74) is 0.217. The van der Waals surface area contributed by atoms with E-state index in [1.807, 2.05) is 0 Å². The van der Waals surface area contributed by atoms with Crippen molar-refractivity contribution in [3.63, 3.8) is 0 Å². The van der Waals surface area contributed by atoms with Crippen LogP contribution in [0.1, 0.15) is 46.5 Å². The van der Waals surface area contributed by atoms with Gasteiger partial charge in [-0.05, 0) is 35.5 Å². The second kappa shape index (κ2) is 2.52. The van der Waals surface area contributed by atoms with Crippen LogP contribution < -0.4 is 0 Å². The first kappa shape index (κ1) is 9.98. The maximum atomic E-state index is 10.1. The maximum Gasteiger partial charge on any atom is 0.0627 e. The van der Waals surface area contributed by atoms with Crippen LogP contribution in [-0.2, 0) is 0 Å². The third-order valence-electron chi connectivity index (χ3n) is 5.61. The van der Waals surface area contributed by atoms with E-state index in [9.17, 15) is 5.11 Å². The second-order valence-corrected chi connectivity index (χ2v) is 5.88. The highest BCUT2D eigenvalue weighted by molar-refractivity contribution is 5.19. The zero-order valence-corrected chi connectivity index (χ0v) is 9.30. The lowest BCUT2D eigenvalue weighted by Crippen LogP contribution is -2.36. The normalized spacial score (nSPS) is 49.2. The van der Waals surface area contributed by atoms with Gasteiger partial charge in [-0.2, -0.15) is 5.26 Å². The van der Waals surface area contributed by atoms with Crippen LogP contribution in [0.2, 0.25) is 0 Å². The Labute approximate surface area is 85.9 Å². The summed E-state index contributed by atoms with van der Waals surface area (Å²) in [6.45, 7) is 6.64. The average Bonchev–Trinajstić information content (AvgIpc) is 2.35.